The number of aliphatic hydroxyl groups is 2. The summed E-state index contributed by atoms with van der Waals surface area (Å²) in [6.07, 6.45) is 40.1. The van der Waals surface area contributed by atoms with Crippen LogP contribution in [0.1, 0.15) is 259 Å². The third-order valence-corrected chi connectivity index (χ3v) is 12.2. The predicted molar refractivity (Wildman–Crippen MR) is 247 cm³/mol. The van der Waals surface area contributed by atoms with Crippen molar-refractivity contribution in [1.29, 1.82) is 0 Å². The maximum atomic E-state index is 12.6. The van der Waals surface area contributed by atoms with Crippen molar-refractivity contribution < 1.29 is 29.3 Å². The van der Waals surface area contributed by atoms with Gasteiger partial charge in [0.15, 0.2) is 0 Å². The molecule has 0 aliphatic carbocycles. The quantitative estimate of drug-likeness (QED) is 0.0466. The lowest BCUT2D eigenvalue weighted by Gasteiger charge is -2.25. The number of carbonyl (C=O) groups is 2. The highest BCUT2D eigenvalue weighted by molar-refractivity contribution is 5.69. The van der Waals surface area contributed by atoms with Crippen molar-refractivity contribution in [3.05, 3.63) is 0 Å². The number of hydrogen-bond acceptors (Lipinski definition) is 7. The molecule has 0 spiro atoms. The van der Waals surface area contributed by atoms with E-state index in [0.29, 0.717) is 50.9 Å². The van der Waals surface area contributed by atoms with Gasteiger partial charge in [-0.3, -0.25) is 9.59 Å². The number of unbranched alkanes of at least 4 members (excludes halogenated alkanes) is 22. The van der Waals surface area contributed by atoms with Crippen LogP contribution in [0.15, 0.2) is 0 Å². The molecule has 58 heavy (non-hydrogen) atoms. The molecule has 0 aliphatic rings. The van der Waals surface area contributed by atoms with Crippen LogP contribution < -0.4 is 0 Å². The molecule has 0 amide bonds. The zero-order valence-electron chi connectivity index (χ0n) is 39.4. The van der Waals surface area contributed by atoms with Crippen molar-refractivity contribution in [2.24, 2.45) is 11.8 Å². The first-order valence-corrected chi connectivity index (χ1v) is 25.7. The topological polar surface area (TPSA) is 96.3 Å². The van der Waals surface area contributed by atoms with Crippen LogP contribution in [0, 0.1) is 11.8 Å². The second kappa shape index (κ2) is 45.3. The third kappa shape index (κ3) is 40.2. The van der Waals surface area contributed by atoms with Gasteiger partial charge >= 0.3 is 11.9 Å². The fourth-order valence-electron chi connectivity index (χ4n) is 8.25. The minimum atomic E-state index is -0.412. The van der Waals surface area contributed by atoms with Gasteiger partial charge in [-0.1, -0.05) is 175 Å². The molecule has 0 aromatic heterocycles. The van der Waals surface area contributed by atoms with Crippen molar-refractivity contribution in [3.63, 3.8) is 0 Å². The molecule has 0 rings (SSSR count). The number of rotatable bonds is 47. The monoisotopic (exact) mass is 824 g/mol. The first-order valence-electron chi connectivity index (χ1n) is 25.7. The lowest BCUT2D eigenvalue weighted by molar-refractivity contribution is -0.146. The van der Waals surface area contributed by atoms with E-state index >= 15 is 0 Å². The smallest absolute Gasteiger partial charge is 0.305 e. The summed E-state index contributed by atoms with van der Waals surface area (Å²) in [4.78, 5) is 27.6. The van der Waals surface area contributed by atoms with Crippen LogP contribution in [0.2, 0.25) is 0 Å². The highest BCUT2D eigenvalue weighted by Crippen LogP contribution is 2.22. The standard InChI is InChI=1S/C51H101NO6/c1-5-9-13-17-19-26-36-47(34-24-15-11-7-3)45-57-50(55)39-28-21-22-31-41-52(42-32-23-33-43-53)44-49(54)38-29-30-40-51(56)58-46-48(35-25-16-12-8-4)37-27-20-18-14-10-6-2/h47-49,53-54H,5-46H2,1-4H3. The van der Waals surface area contributed by atoms with E-state index in [9.17, 15) is 19.8 Å². The van der Waals surface area contributed by atoms with E-state index in [1.165, 1.54) is 154 Å². The molecule has 7 heteroatoms. The van der Waals surface area contributed by atoms with E-state index in [2.05, 4.69) is 32.6 Å². The highest BCUT2D eigenvalue weighted by atomic mass is 16.5. The Morgan fingerprint density at radius 2 is 0.759 bits per heavy atom. The molecule has 7 nitrogen and oxygen atoms in total. The molecule has 3 unspecified atom stereocenters. The first-order chi connectivity index (χ1) is 28.4. The highest BCUT2D eigenvalue weighted by Gasteiger charge is 2.16. The molecule has 3 atom stereocenters. The van der Waals surface area contributed by atoms with E-state index in [0.717, 1.165) is 70.9 Å². The molecule has 346 valence electrons. The summed E-state index contributed by atoms with van der Waals surface area (Å²) in [7, 11) is 0. The van der Waals surface area contributed by atoms with Crippen LogP contribution in [-0.2, 0) is 19.1 Å². The molecule has 0 bridgehead atoms. The molecule has 0 fully saturated rings. The van der Waals surface area contributed by atoms with E-state index in [1.807, 2.05) is 0 Å². The Morgan fingerprint density at radius 3 is 1.19 bits per heavy atom. The van der Waals surface area contributed by atoms with Crippen LogP contribution in [0.5, 0.6) is 0 Å². The summed E-state index contributed by atoms with van der Waals surface area (Å²) < 4.78 is 11.6. The average molecular weight is 824 g/mol. The Balaban J connectivity index is 4.48. The fourth-order valence-corrected chi connectivity index (χ4v) is 8.25. The number of nitrogens with zero attached hydrogens (tertiary/aromatic N) is 1. The van der Waals surface area contributed by atoms with Crippen molar-refractivity contribution in [2.45, 2.75) is 265 Å². The molecule has 0 saturated carbocycles. The molecular formula is C51H101NO6. The van der Waals surface area contributed by atoms with Gasteiger partial charge in [-0.15, -0.1) is 0 Å². The van der Waals surface area contributed by atoms with Gasteiger partial charge in [0, 0.05) is 26.0 Å². The van der Waals surface area contributed by atoms with E-state index in [1.54, 1.807) is 0 Å². The SMILES string of the molecule is CCCCCCCCC(CCCCCC)COC(=O)CCCCCCN(CCCCCO)CC(O)CCCCC(=O)OCC(CCCCCC)CCCCCCCC. The van der Waals surface area contributed by atoms with Gasteiger partial charge in [0.2, 0.25) is 0 Å². The van der Waals surface area contributed by atoms with Crippen LogP contribution >= 0.6 is 0 Å². The van der Waals surface area contributed by atoms with Gasteiger partial charge < -0.3 is 24.6 Å². The summed E-state index contributed by atoms with van der Waals surface area (Å²) in [5, 5.41) is 20.2. The van der Waals surface area contributed by atoms with Gasteiger partial charge in [0.25, 0.3) is 0 Å². The van der Waals surface area contributed by atoms with E-state index in [4.69, 9.17) is 9.47 Å². The van der Waals surface area contributed by atoms with Gasteiger partial charge in [-0.05, 0) is 95.6 Å². The summed E-state index contributed by atoms with van der Waals surface area (Å²) >= 11 is 0. The average Bonchev–Trinajstić information content (AvgIpc) is 3.22. The number of hydrogen-bond donors (Lipinski definition) is 2. The van der Waals surface area contributed by atoms with E-state index < -0.39 is 6.10 Å². The first kappa shape index (κ1) is 56.8. The fraction of sp³-hybridized carbons (Fsp3) is 0.961. The largest absolute Gasteiger partial charge is 0.465 e. The van der Waals surface area contributed by atoms with Gasteiger partial charge in [-0.25, -0.2) is 0 Å². The summed E-state index contributed by atoms with van der Waals surface area (Å²) in [6, 6.07) is 0. The summed E-state index contributed by atoms with van der Waals surface area (Å²) in [5.74, 6) is 0.879. The van der Waals surface area contributed by atoms with Crippen molar-refractivity contribution in [1.82, 2.24) is 4.90 Å². The number of carbonyl (C=O) groups excluding carboxylic acids is 2. The van der Waals surface area contributed by atoms with Gasteiger partial charge in [0.05, 0.1) is 19.3 Å². The van der Waals surface area contributed by atoms with Crippen molar-refractivity contribution >= 4 is 11.9 Å². The number of ether oxygens (including phenoxy) is 2. The molecule has 0 saturated heterocycles. The molecule has 0 radical (unpaired) electrons. The van der Waals surface area contributed by atoms with Crippen LogP contribution in [0.25, 0.3) is 0 Å². The predicted octanol–water partition coefficient (Wildman–Crippen LogP) is 14.1. The third-order valence-electron chi connectivity index (χ3n) is 12.2. The van der Waals surface area contributed by atoms with Crippen molar-refractivity contribution in [2.75, 3.05) is 39.5 Å². The second-order valence-electron chi connectivity index (χ2n) is 18.1. The minimum Gasteiger partial charge on any atom is -0.465 e. The Kier molecular flexibility index (Phi) is 44.4. The summed E-state index contributed by atoms with van der Waals surface area (Å²) in [6.45, 7) is 12.9. The molecular weight excluding hydrogens is 723 g/mol. The lowest BCUT2D eigenvalue weighted by atomic mass is 9.95. The lowest BCUT2D eigenvalue weighted by Crippen LogP contribution is -2.34. The maximum Gasteiger partial charge on any atom is 0.305 e. The number of aliphatic hydroxyl groups excluding tert-OH is 2. The number of esters is 2. The van der Waals surface area contributed by atoms with Crippen molar-refractivity contribution in [3.8, 4) is 0 Å². The van der Waals surface area contributed by atoms with Gasteiger partial charge in [0.1, 0.15) is 0 Å². The van der Waals surface area contributed by atoms with Crippen LogP contribution in [-0.4, -0.2) is 72.6 Å². The molecule has 2 N–H and O–H groups in total. The summed E-state index contributed by atoms with van der Waals surface area (Å²) in [5.41, 5.74) is 0. The Labute approximate surface area is 361 Å². The Morgan fingerprint density at radius 1 is 0.431 bits per heavy atom. The molecule has 0 aromatic rings. The Bertz CT molecular complexity index is 855. The zero-order chi connectivity index (χ0) is 42.6. The zero-order valence-corrected chi connectivity index (χ0v) is 39.4. The molecule has 0 aromatic carbocycles. The second-order valence-corrected chi connectivity index (χ2v) is 18.1. The van der Waals surface area contributed by atoms with E-state index in [-0.39, 0.29) is 18.5 Å². The van der Waals surface area contributed by atoms with Crippen LogP contribution in [0.4, 0.5) is 0 Å². The maximum absolute atomic E-state index is 12.6. The Hall–Kier alpha value is -1.18. The molecule has 0 heterocycles. The van der Waals surface area contributed by atoms with Gasteiger partial charge in [-0.2, -0.15) is 0 Å². The molecule has 0 aliphatic heterocycles. The van der Waals surface area contributed by atoms with Crippen LogP contribution in [0.3, 0.4) is 0 Å². The normalized spacial score (nSPS) is 13.2. The minimum absolute atomic E-state index is 0.0334.